The highest BCUT2D eigenvalue weighted by atomic mass is 16.3. The van der Waals surface area contributed by atoms with Gasteiger partial charge in [0.2, 0.25) is 0 Å². The molecule has 0 amide bonds. The first-order valence-corrected chi connectivity index (χ1v) is 18.9. The highest BCUT2D eigenvalue weighted by Crippen LogP contribution is 2.56. The van der Waals surface area contributed by atoms with E-state index >= 15 is 0 Å². The number of rotatable bonds is 6. The zero-order valence-electron chi connectivity index (χ0n) is 30.1. The number of benzene rings is 9. The fraction of sp³-hybridized carbons (Fsp3) is 0.0189. The van der Waals surface area contributed by atoms with Crippen molar-refractivity contribution in [3.8, 4) is 22.3 Å². The van der Waals surface area contributed by atoms with E-state index in [-0.39, 0.29) is 0 Å². The number of nitrogens with zero attached hydrogens (tertiary/aromatic N) is 1. The summed E-state index contributed by atoms with van der Waals surface area (Å²) in [5.74, 6) is 0. The molecule has 0 spiro atoms. The molecule has 258 valence electrons. The Morgan fingerprint density at radius 2 is 0.927 bits per heavy atom. The van der Waals surface area contributed by atoms with E-state index in [2.05, 4.69) is 211 Å². The van der Waals surface area contributed by atoms with Gasteiger partial charge in [-0.2, -0.15) is 0 Å². The van der Waals surface area contributed by atoms with Crippen LogP contribution >= 0.6 is 0 Å². The minimum atomic E-state index is -0.462. The lowest BCUT2D eigenvalue weighted by molar-refractivity contribution is 0.669. The van der Waals surface area contributed by atoms with Crippen LogP contribution in [0.4, 0.5) is 17.1 Å². The molecule has 0 bridgehead atoms. The molecule has 2 heteroatoms. The third-order valence-corrected chi connectivity index (χ3v) is 11.6. The van der Waals surface area contributed by atoms with Crippen molar-refractivity contribution in [2.24, 2.45) is 0 Å². The van der Waals surface area contributed by atoms with E-state index in [1.165, 1.54) is 55.3 Å². The molecule has 0 aliphatic heterocycles. The van der Waals surface area contributed by atoms with Crippen LogP contribution in [0.5, 0.6) is 0 Å². The Balaban J connectivity index is 1.15. The van der Waals surface area contributed by atoms with Crippen molar-refractivity contribution < 1.29 is 4.42 Å². The van der Waals surface area contributed by atoms with Gasteiger partial charge in [-0.25, -0.2) is 0 Å². The second-order valence-corrected chi connectivity index (χ2v) is 14.4. The lowest BCUT2D eigenvalue weighted by Gasteiger charge is -2.34. The van der Waals surface area contributed by atoms with E-state index in [4.69, 9.17) is 4.42 Å². The summed E-state index contributed by atoms with van der Waals surface area (Å²) in [5.41, 5.74) is 14.7. The largest absolute Gasteiger partial charge is 0.456 e. The van der Waals surface area contributed by atoms with Crippen molar-refractivity contribution >= 4 is 49.8 Å². The first-order chi connectivity index (χ1) is 27.3. The first-order valence-electron chi connectivity index (χ1n) is 18.9. The molecule has 10 aromatic rings. The van der Waals surface area contributed by atoms with Gasteiger partial charge in [-0.1, -0.05) is 170 Å². The SMILES string of the molecule is c1ccc(-c2ccc(N(c3ccc(C4(c5ccccc5)c5ccccc5-c5ccccc54)cc3)c3cccc4ccc5oc6ccccc6c5c34)cc2)cc1. The number of furan rings is 1. The molecule has 2 nitrogen and oxygen atoms in total. The minimum absolute atomic E-state index is 0.462. The summed E-state index contributed by atoms with van der Waals surface area (Å²) in [6, 6.07) is 77.0. The lowest BCUT2D eigenvalue weighted by Crippen LogP contribution is -2.28. The smallest absolute Gasteiger partial charge is 0.136 e. The van der Waals surface area contributed by atoms with Crippen molar-refractivity contribution in [1.82, 2.24) is 0 Å². The average molecular weight is 702 g/mol. The van der Waals surface area contributed by atoms with Crippen molar-refractivity contribution in [3.05, 3.63) is 235 Å². The zero-order chi connectivity index (χ0) is 36.3. The maximum Gasteiger partial charge on any atom is 0.136 e. The summed E-state index contributed by atoms with van der Waals surface area (Å²) >= 11 is 0. The molecule has 11 rings (SSSR count). The number of para-hydroxylation sites is 1. The standard InChI is InChI=1S/C53H35NO/c1-3-14-36(15-4-1)37-26-31-41(32-27-37)54(48-24-13-16-38-28-35-50-52(51(38)48)45-21-9-12-25-49(45)55-50)42-33-29-40(30-34-42)53(39-17-5-2-6-18-39)46-22-10-7-19-43(46)44-20-8-11-23-47(44)53/h1-35H. The number of hydrogen-bond acceptors (Lipinski definition) is 2. The van der Waals surface area contributed by atoms with E-state index in [1.54, 1.807) is 0 Å². The molecule has 0 unspecified atom stereocenters. The summed E-state index contributed by atoms with van der Waals surface area (Å²) in [4.78, 5) is 2.41. The Bertz CT molecular complexity index is 2970. The van der Waals surface area contributed by atoms with E-state index in [9.17, 15) is 0 Å². The summed E-state index contributed by atoms with van der Waals surface area (Å²) < 4.78 is 6.44. The number of anilines is 3. The van der Waals surface area contributed by atoms with Crippen LogP contribution in [-0.2, 0) is 5.41 Å². The van der Waals surface area contributed by atoms with E-state index in [1.807, 2.05) is 6.07 Å². The fourth-order valence-corrected chi connectivity index (χ4v) is 9.19. The normalized spacial score (nSPS) is 12.9. The molecule has 55 heavy (non-hydrogen) atoms. The van der Waals surface area contributed by atoms with Crippen LogP contribution in [0, 0.1) is 0 Å². The van der Waals surface area contributed by atoms with Crippen molar-refractivity contribution in [2.75, 3.05) is 4.90 Å². The van der Waals surface area contributed by atoms with Crippen molar-refractivity contribution in [2.45, 2.75) is 5.41 Å². The second kappa shape index (κ2) is 12.5. The molecule has 9 aromatic carbocycles. The maximum absolute atomic E-state index is 6.44. The molecular formula is C53H35NO. The van der Waals surface area contributed by atoms with Crippen molar-refractivity contribution in [3.63, 3.8) is 0 Å². The average Bonchev–Trinajstić information content (AvgIpc) is 3.79. The van der Waals surface area contributed by atoms with Crippen LogP contribution in [0.1, 0.15) is 22.3 Å². The zero-order valence-corrected chi connectivity index (χ0v) is 30.1. The highest BCUT2D eigenvalue weighted by molar-refractivity contribution is 6.23. The number of hydrogen-bond donors (Lipinski definition) is 0. The van der Waals surface area contributed by atoms with E-state index in [0.29, 0.717) is 0 Å². The summed E-state index contributed by atoms with van der Waals surface area (Å²) in [7, 11) is 0. The lowest BCUT2D eigenvalue weighted by atomic mass is 9.68. The predicted molar refractivity (Wildman–Crippen MR) is 229 cm³/mol. The van der Waals surface area contributed by atoms with E-state index < -0.39 is 5.41 Å². The molecule has 0 saturated carbocycles. The Hall–Kier alpha value is -7.16. The third kappa shape index (κ3) is 4.75. The van der Waals surface area contributed by atoms with Crippen molar-refractivity contribution in [1.29, 1.82) is 0 Å². The Morgan fingerprint density at radius 3 is 1.64 bits per heavy atom. The molecule has 0 radical (unpaired) electrons. The quantitative estimate of drug-likeness (QED) is 0.172. The molecule has 1 heterocycles. The van der Waals surface area contributed by atoms with Gasteiger partial charge in [-0.05, 0) is 92.4 Å². The van der Waals surface area contributed by atoms with Gasteiger partial charge >= 0.3 is 0 Å². The molecular weight excluding hydrogens is 667 g/mol. The van der Waals surface area contributed by atoms with Gasteiger partial charge in [0.25, 0.3) is 0 Å². The molecule has 0 N–H and O–H groups in total. The van der Waals surface area contributed by atoms with Gasteiger partial charge in [0.1, 0.15) is 11.2 Å². The van der Waals surface area contributed by atoms with E-state index in [0.717, 1.165) is 39.0 Å². The topological polar surface area (TPSA) is 16.4 Å². The van der Waals surface area contributed by atoms with Gasteiger partial charge in [-0.3, -0.25) is 0 Å². The summed E-state index contributed by atoms with van der Waals surface area (Å²) in [6.45, 7) is 0. The van der Waals surface area contributed by atoms with Crippen LogP contribution in [0.2, 0.25) is 0 Å². The van der Waals surface area contributed by atoms with Crippen LogP contribution in [0.3, 0.4) is 0 Å². The van der Waals surface area contributed by atoms with Crippen LogP contribution < -0.4 is 4.90 Å². The van der Waals surface area contributed by atoms with Crippen LogP contribution in [-0.4, -0.2) is 0 Å². The molecule has 1 aliphatic carbocycles. The Labute approximate surface area is 320 Å². The Kier molecular flexibility index (Phi) is 7.11. The van der Waals surface area contributed by atoms with Gasteiger partial charge in [0.15, 0.2) is 0 Å². The Morgan fingerprint density at radius 1 is 0.364 bits per heavy atom. The summed E-state index contributed by atoms with van der Waals surface area (Å²) in [6.07, 6.45) is 0. The third-order valence-electron chi connectivity index (χ3n) is 11.6. The second-order valence-electron chi connectivity index (χ2n) is 14.4. The summed E-state index contributed by atoms with van der Waals surface area (Å²) in [5, 5.41) is 4.59. The molecule has 1 aromatic heterocycles. The van der Waals surface area contributed by atoms with Gasteiger partial charge in [-0.15, -0.1) is 0 Å². The fourth-order valence-electron chi connectivity index (χ4n) is 9.19. The molecule has 1 aliphatic rings. The maximum atomic E-state index is 6.44. The van der Waals surface area contributed by atoms with Gasteiger partial charge in [0.05, 0.1) is 11.1 Å². The molecule has 0 fully saturated rings. The molecule has 0 atom stereocenters. The molecule has 0 saturated heterocycles. The van der Waals surface area contributed by atoms with Crippen LogP contribution in [0.25, 0.3) is 55.0 Å². The van der Waals surface area contributed by atoms with Crippen LogP contribution in [0.15, 0.2) is 217 Å². The first kappa shape index (κ1) is 31.4. The van der Waals surface area contributed by atoms with Gasteiger partial charge < -0.3 is 9.32 Å². The monoisotopic (exact) mass is 701 g/mol. The highest BCUT2D eigenvalue weighted by Gasteiger charge is 2.45. The number of fused-ring (bicyclic) bond motifs is 8. The predicted octanol–water partition coefficient (Wildman–Crippen LogP) is 14.2. The minimum Gasteiger partial charge on any atom is -0.456 e. The van der Waals surface area contributed by atoms with Gasteiger partial charge in [0, 0.05) is 27.5 Å².